The van der Waals surface area contributed by atoms with Crippen LogP contribution in [0.2, 0.25) is 0 Å². The van der Waals surface area contributed by atoms with Crippen LogP contribution in [0.25, 0.3) is 4.96 Å². The molecule has 0 spiro atoms. The van der Waals surface area contributed by atoms with Gasteiger partial charge in [0.15, 0.2) is 10.7 Å². The molecule has 0 atom stereocenters. The lowest BCUT2D eigenvalue weighted by Gasteiger charge is -2.01. The van der Waals surface area contributed by atoms with E-state index >= 15 is 0 Å². The van der Waals surface area contributed by atoms with Crippen LogP contribution in [0.3, 0.4) is 0 Å². The molecule has 0 saturated carbocycles. The summed E-state index contributed by atoms with van der Waals surface area (Å²) in [6.07, 6.45) is 0.553. The van der Waals surface area contributed by atoms with Crippen LogP contribution in [-0.2, 0) is 6.42 Å². The van der Waals surface area contributed by atoms with Gasteiger partial charge in [-0.05, 0) is 13.3 Å². The van der Waals surface area contributed by atoms with Gasteiger partial charge in [-0.3, -0.25) is 9.20 Å². The second-order valence-corrected chi connectivity index (χ2v) is 4.73. The first kappa shape index (κ1) is 11.8. The highest BCUT2D eigenvalue weighted by atomic mass is 32.1. The van der Waals surface area contributed by atoms with Gasteiger partial charge >= 0.3 is 5.97 Å². The molecule has 0 saturated heterocycles. The van der Waals surface area contributed by atoms with Crippen LogP contribution in [0.15, 0.2) is 0 Å². The summed E-state index contributed by atoms with van der Waals surface area (Å²) in [5.41, 5.74) is 1.78. The van der Waals surface area contributed by atoms with E-state index in [9.17, 15) is 9.59 Å². The summed E-state index contributed by atoms with van der Waals surface area (Å²) < 4.78 is 1.67. The van der Waals surface area contributed by atoms with Gasteiger partial charge in [-0.25, -0.2) is 9.78 Å². The highest BCUT2D eigenvalue weighted by Gasteiger charge is 2.23. The number of hydrogen-bond acceptors (Lipinski definition) is 4. The minimum absolute atomic E-state index is 0.0977. The minimum atomic E-state index is -0.968. The van der Waals surface area contributed by atoms with Gasteiger partial charge in [0.25, 0.3) is 0 Å². The fraction of sp³-hybridized carbons (Fsp3) is 0.364. The van der Waals surface area contributed by atoms with Crippen LogP contribution in [0.4, 0.5) is 0 Å². The fourth-order valence-corrected chi connectivity index (χ4v) is 3.07. The number of hydrogen-bond donors (Lipinski definition) is 1. The normalized spacial score (nSPS) is 11.0. The number of ketones is 1. The van der Waals surface area contributed by atoms with Crippen molar-refractivity contribution in [1.29, 1.82) is 0 Å². The van der Waals surface area contributed by atoms with Crippen molar-refractivity contribution >= 4 is 28.1 Å². The van der Waals surface area contributed by atoms with Gasteiger partial charge in [-0.15, -0.1) is 0 Å². The molecule has 1 N–H and O–H groups in total. The predicted molar refractivity (Wildman–Crippen MR) is 64.1 cm³/mol. The average molecular weight is 252 g/mol. The van der Waals surface area contributed by atoms with Crippen LogP contribution in [0, 0.1) is 6.92 Å². The van der Waals surface area contributed by atoms with E-state index in [1.807, 2.05) is 6.92 Å². The zero-order valence-corrected chi connectivity index (χ0v) is 10.6. The van der Waals surface area contributed by atoms with Crippen molar-refractivity contribution in [2.45, 2.75) is 27.2 Å². The molecule has 0 aromatic carbocycles. The fourth-order valence-electron chi connectivity index (χ4n) is 1.97. The molecule has 2 aromatic rings. The van der Waals surface area contributed by atoms with Crippen molar-refractivity contribution in [3.63, 3.8) is 0 Å². The molecule has 6 heteroatoms. The van der Waals surface area contributed by atoms with Crippen molar-refractivity contribution < 1.29 is 14.7 Å². The Labute approximate surface area is 102 Å². The first-order valence-corrected chi connectivity index (χ1v) is 6.04. The van der Waals surface area contributed by atoms with Gasteiger partial charge in [0.05, 0.1) is 11.4 Å². The maximum absolute atomic E-state index is 11.6. The van der Waals surface area contributed by atoms with E-state index in [-0.39, 0.29) is 10.7 Å². The molecule has 2 rings (SSSR count). The number of imidazole rings is 1. The summed E-state index contributed by atoms with van der Waals surface area (Å²) in [5, 5.41) is 9.10. The number of aromatic nitrogens is 2. The summed E-state index contributed by atoms with van der Waals surface area (Å²) in [6.45, 7) is 5.09. The van der Waals surface area contributed by atoms with Gasteiger partial charge in [0, 0.05) is 6.92 Å². The standard InChI is InChI=1S/C11H12N2O3S/c1-4-7-9(10(15)16)17-11-12-5(2)8(6(3)14)13(7)11/h4H2,1-3H3,(H,15,16). The third kappa shape index (κ3) is 1.64. The molecule has 0 aliphatic heterocycles. The summed E-state index contributed by atoms with van der Waals surface area (Å²) in [5.74, 6) is -1.07. The minimum Gasteiger partial charge on any atom is -0.477 e. The van der Waals surface area contributed by atoms with Crippen LogP contribution in [0.5, 0.6) is 0 Å². The number of aryl methyl sites for hydroxylation is 2. The van der Waals surface area contributed by atoms with E-state index in [0.717, 1.165) is 11.3 Å². The lowest BCUT2D eigenvalue weighted by Crippen LogP contribution is -2.06. The molecule has 0 aliphatic carbocycles. The number of aromatic carboxylic acids is 1. The van der Waals surface area contributed by atoms with Gasteiger partial charge in [0.1, 0.15) is 10.6 Å². The zero-order valence-electron chi connectivity index (χ0n) is 9.77. The molecule has 0 aliphatic rings. The van der Waals surface area contributed by atoms with Crippen molar-refractivity contribution in [3.8, 4) is 0 Å². The zero-order chi connectivity index (χ0) is 12.7. The first-order valence-electron chi connectivity index (χ1n) is 5.22. The molecule has 0 radical (unpaired) electrons. The quantitative estimate of drug-likeness (QED) is 0.850. The van der Waals surface area contributed by atoms with Crippen LogP contribution >= 0.6 is 11.3 Å². The van der Waals surface area contributed by atoms with E-state index < -0.39 is 5.97 Å². The molecule has 0 fully saturated rings. The third-order valence-electron chi connectivity index (χ3n) is 2.61. The summed E-state index contributed by atoms with van der Waals surface area (Å²) >= 11 is 1.11. The Bertz CT molecular complexity index is 624. The number of carbonyl (C=O) groups excluding carboxylic acids is 1. The Hall–Kier alpha value is -1.69. The Kier molecular flexibility index (Phi) is 2.74. The molecule has 0 amide bonds. The highest BCUT2D eigenvalue weighted by Crippen LogP contribution is 2.27. The molecule has 0 bridgehead atoms. The second kappa shape index (κ2) is 3.96. The van der Waals surface area contributed by atoms with Gasteiger partial charge in [0.2, 0.25) is 0 Å². The highest BCUT2D eigenvalue weighted by molar-refractivity contribution is 7.19. The molecular weight excluding hydrogens is 240 g/mol. The van der Waals surface area contributed by atoms with Crippen molar-refractivity contribution in [1.82, 2.24) is 9.38 Å². The van der Waals surface area contributed by atoms with E-state index in [1.54, 1.807) is 11.3 Å². The molecular formula is C11H12N2O3S. The van der Waals surface area contributed by atoms with Crippen LogP contribution in [-0.4, -0.2) is 26.2 Å². The topological polar surface area (TPSA) is 71.7 Å². The number of thiazole rings is 1. The smallest absolute Gasteiger partial charge is 0.347 e. The third-order valence-corrected chi connectivity index (χ3v) is 3.68. The molecule has 0 unspecified atom stereocenters. The van der Waals surface area contributed by atoms with E-state index in [1.165, 1.54) is 6.92 Å². The van der Waals surface area contributed by atoms with Gasteiger partial charge < -0.3 is 5.11 Å². The summed E-state index contributed by atoms with van der Waals surface area (Å²) in [6, 6.07) is 0. The Morgan fingerprint density at radius 1 is 1.47 bits per heavy atom. The molecule has 5 nitrogen and oxygen atoms in total. The first-order chi connectivity index (χ1) is 7.97. The predicted octanol–water partition coefficient (Wildman–Crippen LogP) is 2.17. The summed E-state index contributed by atoms with van der Waals surface area (Å²) in [4.78, 5) is 27.8. The number of carbonyl (C=O) groups is 2. The number of fused-ring (bicyclic) bond motifs is 1. The molecule has 17 heavy (non-hydrogen) atoms. The number of carboxylic acid groups (broad SMARTS) is 1. The van der Waals surface area contributed by atoms with Crippen LogP contribution < -0.4 is 0 Å². The van der Waals surface area contributed by atoms with Crippen molar-refractivity contribution in [2.24, 2.45) is 0 Å². The number of nitrogens with zero attached hydrogens (tertiary/aromatic N) is 2. The number of carboxylic acids is 1. The molecule has 2 aromatic heterocycles. The number of Topliss-reactive ketones (excluding diaryl/α,β-unsaturated/α-hetero) is 1. The lowest BCUT2D eigenvalue weighted by molar-refractivity contribution is 0.0700. The largest absolute Gasteiger partial charge is 0.477 e. The van der Waals surface area contributed by atoms with E-state index in [4.69, 9.17) is 5.11 Å². The SMILES string of the molecule is CCc1c(C(=O)O)sc2nc(C)c(C(C)=O)n12. The van der Waals surface area contributed by atoms with Crippen molar-refractivity contribution in [3.05, 3.63) is 22.0 Å². The van der Waals surface area contributed by atoms with Crippen molar-refractivity contribution in [2.75, 3.05) is 0 Å². The maximum atomic E-state index is 11.6. The second-order valence-electron chi connectivity index (χ2n) is 3.76. The number of rotatable bonds is 3. The maximum Gasteiger partial charge on any atom is 0.347 e. The van der Waals surface area contributed by atoms with E-state index in [2.05, 4.69) is 4.98 Å². The van der Waals surface area contributed by atoms with E-state index in [0.29, 0.717) is 28.5 Å². The molecule has 2 heterocycles. The Morgan fingerprint density at radius 2 is 2.12 bits per heavy atom. The Balaban J connectivity index is 2.87. The lowest BCUT2D eigenvalue weighted by atomic mass is 10.2. The van der Waals surface area contributed by atoms with Gasteiger partial charge in [-0.2, -0.15) is 0 Å². The van der Waals surface area contributed by atoms with Gasteiger partial charge in [-0.1, -0.05) is 18.3 Å². The average Bonchev–Trinajstić information content (AvgIpc) is 2.70. The van der Waals surface area contributed by atoms with Crippen LogP contribution in [0.1, 0.15) is 45.4 Å². The Morgan fingerprint density at radius 3 is 2.59 bits per heavy atom. The summed E-state index contributed by atoms with van der Waals surface area (Å²) in [7, 11) is 0. The monoisotopic (exact) mass is 252 g/mol. The molecule has 90 valence electrons.